The second kappa shape index (κ2) is 6.39. The van der Waals surface area contributed by atoms with Crippen molar-refractivity contribution in [2.75, 3.05) is 6.61 Å². The van der Waals surface area contributed by atoms with E-state index in [0.29, 0.717) is 0 Å². The molecule has 1 heterocycles. The molecule has 1 rings (SSSR count). The molecule has 0 saturated carbocycles. The summed E-state index contributed by atoms with van der Waals surface area (Å²) in [7, 11) is 0. The Morgan fingerprint density at radius 2 is 2.27 bits per heavy atom. The summed E-state index contributed by atoms with van der Waals surface area (Å²) in [4.78, 5) is 13.6. The maximum atomic E-state index is 11.1. The van der Waals surface area contributed by atoms with E-state index in [4.69, 9.17) is 0 Å². The van der Waals surface area contributed by atoms with Crippen LogP contribution in [0.15, 0.2) is 28.4 Å². The van der Waals surface area contributed by atoms with Crippen molar-refractivity contribution in [3.05, 3.63) is 33.5 Å². The average molecular weight is 236 g/mol. The van der Waals surface area contributed by atoms with Crippen LogP contribution >= 0.6 is 0 Å². The van der Waals surface area contributed by atoms with Gasteiger partial charge in [0.15, 0.2) is 0 Å². The molecule has 0 aliphatic carbocycles. The topological polar surface area (TPSA) is 87.8 Å². The van der Waals surface area contributed by atoms with Crippen molar-refractivity contribution in [1.29, 1.82) is 0 Å². The number of rotatable bonds is 3. The Hall–Kier alpha value is -0.214. The van der Waals surface area contributed by atoms with Crippen LogP contribution in [0.5, 0.6) is 0 Å². The number of hydrogen-bond acceptors (Lipinski definition) is 5. The summed E-state index contributed by atoms with van der Waals surface area (Å²) in [5, 5.41) is 21.6. The molecule has 0 aromatic carbocycles. The van der Waals surface area contributed by atoms with E-state index in [1.165, 1.54) is 6.92 Å². The van der Waals surface area contributed by atoms with Crippen LogP contribution in [0.3, 0.4) is 0 Å². The zero-order valence-corrected chi connectivity index (χ0v) is 11.9. The molecule has 1 aliphatic heterocycles. The van der Waals surface area contributed by atoms with Gasteiger partial charge in [0.25, 0.3) is 5.70 Å². The van der Waals surface area contributed by atoms with Crippen LogP contribution in [0.2, 0.25) is 0 Å². The number of aliphatic imine (C=N–C) groups is 1. The van der Waals surface area contributed by atoms with E-state index < -0.39 is 10.9 Å². The Balaban J connectivity index is 0.00000196. The molecule has 6 nitrogen and oxygen atoms in total. The van der Waals surface area contributed by atoms with E-state index >= 15 is 0 Å². The summed E-state index contributed by atoms with van der Waals surface area (Å²) in [6, 6.07) is 0. The Kier molecular flexibility index (Phi) is 6.30. The maximum absolute atomic E-state index is 11.1. The molecular formula is C8H9KN2O4. The molecule has 0 aromatic heterocycles. The summed E-state index contributed by atoms with van der Waals surface area (Å²) in [6.07, 6.45) is 1.12. The van der Waals surface area contributed by atoms with E-state index in [-0.39, 0.29) is 75.1 Å². The first-order valence-corrected chi connectivity index (χ1v) is 4.02. The molecule has 1 aliphatic rings. The molecule has 0 atom stereocenters. The minimum absolute atomic E-state index is 0. The zero-order chi connectivity index (χ0) is 10.7. The van der Waals surface area contributed by atoms with Crippen LogP contribution < -0.4 is 56.5 Å². The molecule has 76 valence electrons. The third-order valence-electron chi connectivity index (χ3n) is 1.61. The van der Waals surface area contributed by atoms with Crippen LogP contribution in [-0.4, -0.2) is 17.2 Å². The predicted molar refractivity (Wildman–Crippen MR) is 46.8 cm³/mol. The number of ether oxygens (including phenoxy) is 1. The smallest absolute Gasteiger partial charge is 0.612 e. The first kappa shape index (κ1) is 14.8. The molecule has 0 radical (unpaired) electrons. The summed E-state index contributed by atoms with van der Waals surface area (Å²) in [6.45, 7) is 3.35. The van der Waals surface area contributed by atoms with Gasteiger partial charge in [-0.15, -0.1) is 0 Å². The fourth-order valence-electron chi connectivity index (χ4n) is 0.999. The van der Waals surface area contributed by atoms with Crippen molar-refractivity contribution in [2.24, 2.45) is 4.99 Å². The second-order valence-corrected chi connectivity index (χ2v) is 2.59. The monoisotopic (exact) mass is 236 g/mol. The molecule has 7 heteroatoms. The van der Waals surface area contributed by atoms with Gasteiger partial charge in [0.1, 0.15) is 5.71 Å². The minimum Gasteiger partial charge on any atom is -0.612 e. The van der Waals surface area contributed by atoms with Crippen LogP contribution in [0.25, 0.3) is 0 Å². The number of hydrogen-bond donors (Lipinski definition) is 0. The number of nitro groups is 1. The van der Waals surface area contributed by atoms with Crippen LogP contribution in [0.1, 0.15) is 13.8 Å². The number of nitrogens with zero attached hydrogens (tertiary/aromatic N) is 2. The van der Waals surface area contributed by atoms with Crippen LogP contribution in [0, 0.1) is 10.1 Å². The standard InChI is InChI=1S/C8H10N2O4.K/c1-3-14-8(11)6-4-7(10(12)13)5(2)9-6;/h4,11H,3H2,1-2H3;/q;+1/p-1. The van der Waals surface area contributed by atoms with Crippen molar-refractivity contribution in [3.63, 3.8) is 0 Å². The first-order valence-electron chi connectivity index (χ1n) is 4.02. The van der Waals surface area contributed by atoms with Gasteiger partial charge in [0.05, 0.1) is 16.6 Å². The van der Waals surface area contributed by atoms with E-state index in [2.05, 4.69) is 9.73 Å². The van der Waals surface area contributed by atoms with Crippen molar-refractivity contribution >= 4 is 5.71 Å². The van der Waals surface area contributed by atoms with Gasteiger partial charge in [-0.25, -0.2) is 4.99 Å². The Labute approximate surface area is 129 Å². The van der Waals surface area contributed by atoms with Gasteiger partial charge >= 0.3 is 51.4 Å². The minimum atomic E-state index is -0.635. The van der Waals surface area contributed by atoms with E-state index in [1.54, 1.807) is 6.92 Å². The van der Waals surface area contributed by atoms with Gasteiger partial charge in [0, 0.05) is 6.08 Å². The van der Waals surface area contributed by atoms with Crippen LogP contribution in [-0.2, 0) is 4.74 Å². The van der Waals surface area contributed by atoms with Gasteiger partial charge in [-0.3, -0.25) is 10.1 Å². The summed E-state index contributed by atoms with van der Waals surface area (Å²) < 4.78 is 4.65. The Bertz CT molecular complexity index is 360. The quantitative estimate of drug-likeness (QED) is 0.229. The molecule has 0 unspecified atom stereocenters. The van der Waals surface area contributed by atoms with Gasteiger partial charge in [0.2, 0.25) is 0 Å². The molecule has 0 aromatic rings. The molecule has 0 fully saturated rings. The van der Waals surface area contributed by atoms with Gasteiger partial charge in [-0.2, -0.15) is 0 Å². The molecule has 0 spiro atoms. The SMILES string of the molecule is CCOC([O-])=C1C=C([N+](=O)[O-])C(C)=N1.[K+]. The largest absolute Gasteiger partial charge is 1.00 e. The maximum Gasteiger partial charge on any atom is 1.00 e. The zero-order valence-electron chi connectivity index (χ0n) is 8.81. The predicted octanol–water partition coefficient (Wildman–Crippen LogP) is -2.81. The van der Waals surface area contributed by atoms with Crippen molar-refractivity contribution in [3.8, 4) is 0 Å². The third kappa shape index (κ3) is 3.69. The fraction of sp³-hybridized carbons (Fsp3) is 0.375. The average Bonchev–Trinajstić information content (AvgIpc) is 2.48. The normalized spacial score (nSPS) is 17.5. The third-order valence-corrected chi connectivity index (χ3v) is 1.61. The number of allylic oxidation sites excluding steroid dienone is 2. The van der Waals surface area contributed by atoms with Gasteiger partial charge in [-0.1, -0.05) is 6.92 Å². The molecule has 15 heavy (non-hydrogen) atoms. The van der Waals surface area contributed by atoms with Gasteiger partial charge in [-0.05, 0) is 13.5 Å². The Morgan fingerprint density at radius 1 is 1.67 bits per heavy atom. The van der Waals surface area contributed by atoms with E-state index in [9.17, 15) is 15.2 Å². The molecule has 0 saturated heterocycles. The second-order valence-electron chi connectivity index (χ2n) is 2.59. The summed E-state index contributed by atoms with van der Waals surface area (Å²) >= 11 is 0. The van der Waals surface area contributed by atoms with Crippen LogP contribution in [0.4, 0.5) is 0 Å². The first-order chi connectivity index (χ1) is 6.56. The van der Waals surface area contributed by atoms with Crippen molar-refractivity contribution in [2.45, 2.75) is 13.8 Å². The molecule has 0 amide bonds. The summed E-state index contributed by atoms with van der Waals surface area (Å²) in [5.41, 5.74) is 0.0437. The van der Waals surface area contributed by atoms with Crippen molar-refractivity contribution < 1.29 is 66.2 Å². The van der Waals surface area contributed by atoms with Gasteiger partial charge < -0.3 is 9.84 Å². The molecule has 0 bridgehead atoms. The molecular weight excluding hydrogens is 227 g/mol. The molecule has 0 N–H and O–H groups in total. The Morgan fingerprint density at radius 3 is 2.67 bits per heavy atom. The van der Waals surface area contributed by atoms with E-state index in [1.807, 2.05) is 0 Å². The van der Waals surface area contributed by atoms with Crippen molar-refractivity contribution in [1.82, 2.24) is 0 Å². The van der Waals surface area contributed by atoms with E-state index in [0.717, 1.165) is 6.08 Å². The fourth-order valence-corrected chi connectivity index (χ4v) is 0.999. The summed E-state index contributed by atoms with van der Waals surface area (Å²) in [5.74, 6) is -0.635.